The molecule has 11 rings (SSSR count). The van der Waals surface area contributed by atoms with Crippen molar-refractivity contribution in [2.75, 3.05) is 0 Å². The summed E-state index contributed by atoms with van der Waals surface area (Å²) in [4.78, 5) is 43.5. The normalized spacial score (nSPS) is 14.7. The van der Waals surface area contributed by atoms with Crippen molar-refractivity contribution < 1.29 is 4.74 Å². The Morgan fingerprint density at radius 3 is 0.811 bits per heavy atom. The first-order chi connectivity index (χ1) is 46.8. The number of unbranched alkanes of at least 4 members (excludes halogenated alkanes) is 30. The van der Waals surface area contributed by atoms with Crippen LogP contribution in [0, 0.1) is 0 Å². The van der Waals surface area contributed by atoms with Crippen molar-refractivity contribution in [2.24, 2.45) is 0 Å². The molecule has 2 N–H and O–H groups in total. The van der Waals surface area contributed by atoms with E-state index in [0.29, 0.717) is 0 Å². The van der Waals surface area contributed by atoms with E-state index in [0.717, 1.165) is 178 Å². The standard InChI is InChI=1S/C86H118N8O/c1-9-15-21-27-33-39-45-61-51-53-63(47-41-35-29-23-17-11-3)73-71(61)81-88-79-69-57-67-68(78-60(8)59(7)77(67)95-78)58-70(69)80(87-79)89-82-72-62(46-40-34-28-22-16-10-2)52-54-64(48-42-36-30-24-18-12-4)74(72)84(91-82)93-86-76-66(50-44-38-32-26-20-14-6)56-55-65(49-43-37-31-25-19-13-5)75(76)85(94-86)92-83(73)90-81/h51-58,77-78H,7-50H2,1-6H3,(H2,87,88,89,90,91,92,93,94). The van der Waals surface area contributed by atoms with Gasteiger partial charge in [0.15, 0.2) is 23.3 Å². The molecule has 0 aliphatic carbocycles. The third kappa shape index (κ3) is 16.6. The van der Waals surface area contributed by atoms with Crippen LogP contribution in [0.2, 0.25) is 0 Å². The fraction of sp³-hybridized carbons (Fsp3) is 0.581. The van der Waals surface area contributed by atoms with Gasteiger partial charge in [0.1, 0.15) is 34.8 Å². The van der Waals surface area contributed by atoms with Gasteiger partial charge < -0.3 is 14.7 Å². The van der Waals surface area contributed by atoms with E-state index in [1.807, 2.05) is 0 Å². The SMILES string of the molecule is C=C1C(=C)C2OC1c1cc3c4nc5nc(nc6[nH]c(nc7nc(nc([nH]4)c3cc12)-c1c(CCCCCCCC)ccc(CCCCCCCC)c1-7)c1c(CCCCCCCC)ccc(CCCCCCCC)c61)-c1c(CCCCCCCC)ccc(CCCCCCCC)c1-5. The molecule has 3 aromatic heterocycles. The van der Waals surface area contributed by atoms with Crippen LogP contribution in [-0.2, 0) is 43.3 Å². The monoisotopic (exact) mass is 1280 g/mol. The van der Waals surface area contributed by atoms with Crippen molar-refractivity contribution in [3.8, 4) is 45.6 Å². The zero-order chi connectivity index (χ0) is 65.9. The van der Waals surface area contributed by atoms with Crippen LogP contribution in [0.3, 0.4) is 0 Å². The molecule has 95 heavy (non-hydrogen) atoms. The average molecular weight is 1280 g/mol. The molecule has 4 aromatic carbocycles. The van der Waals surface area contributed by atoms with Gasteiger partial charge in [0, 0.05) is 43.8 Å². The van der Waals surface area contributed by atoms with E-state index >= 15 is 0 Å². The maximum atomic E-state index is 6.73. The van der Waals surface area contributed by atoms with Gasteiger partial charge in [0.2, 0.25) is 0 Å². The summed E-state index contributed by atoms with van der Waals surface area (Å²) in [6.45, 7) is 22.9. The smallest absolute Gasteiger partial charge is 0.165 e. The van der Waals surface area contributed by atoms with Crippen molar-refractivity contribution in [1.29, 1.82) is 0 Å². The quantitative estimate of drug-likeness (QED) is 0.0366. The summed E-state index contributed by atoms with van der Waals surface area (Å²) in [5.41, 5.74) is 19.9. The van der Waals surface area contributed by atoms with E-state index in [9.17, 15) is 0 Å². The second-order valence-corrected chi connectivity index (χ2v) is 29.1. The third-order valence-corrected chi connectivity index (χ3v) is 21.7. The number of hydrogen-bond acceptors (Lipinski definition) is 7. The summed E-state index contributed by atoms with van der Waals surface area (Å²) in [6.07, 6.45) is 49.8. The molecule has 508 valence electrons. The largest absolute Gasteiger partial charge is 0.356 e. The number of rotatable bonds is 42. The van der Waals surface area contributed by atoms with Gasteiger partial charge in [-0.1, -0.05) is 284 Å². The number of aromatic nitrogens is 8. The second kappa shape index (κ2) is 35.3. The molecule has 2 atom stereocenters. The Morgan fingerprint density at radius 2 is 0.526 bits per heavy atom. The molecule has 2 unspecified atom stereocenters. The number of benzene rings is 4. The van der Waals surface area contributed by atoms with Crippen molar-refractivity contribution in [2.45, 2.75) is 323 Å². The lowest BCUT2D eigenvalue weighted by atomic mass is 9.84. The first-order valence-corrected chi connectivity index (χ1v) is 39.3. The summed E-state index contributed by atoms with van der Waals surface area (Å²) < 4.78 is 6.73. The van der Waals surface area contributed by atoms with Crippen LogP contribution in [-0.4, -0.2) is 39.9 Å². The number of fused-ring (bicyclic) bond motifs is 25. The van der Waals surface area contributed by atoms with Gasteiger partial charge in [0.25, 0.3) is 0 Å². The summed E-state index contributed by atoms with van der Waals surface area (Å²) in [6, 6.07) is 19.3. The highest BCUT2D eigenvalue weighted by Gasteiger charge is 2.44. The van der Waals surface area contributed by atoms with E-state index in [-0.39, 0.29) is 12.2 Å². The van der Waals surface area contributed by atoms with Gasteiger partial charge in [-0.25, -0.2) is 29.9 Å². The first-order valence-electron chi connectivity index (χ1n) is 39.3. The van der Waals surface area contributed by atoms with Crippen molar-refractivity contribution in [3.05, 3.63) is 117 Å². The van der Waals surface area contributed by atoms with Gasteiger partial charge in [-0.15, -0.1) is 0 Å². The number of ether oxygens (including phenoxy) is 1. The predicted molar refractivity (Wildman–Crippen MR) is 403 cm³/mol. The van der Waals surface area contributed by atoms with Crippen LogP contribution in [0.15, 0.2) is 72.8 Å². The van der Waals surface area contributed by atoms with Gasteiger partial charge in [-0.05, 0) is 145 Å². The molecular weight excluding hydrogens is 1160 g/mol. The van der Waals surface area contributed by atoms with Gasteiger partial charge >= 0.3 is 0 Å². The molecule has 7 aromatic rings. The van der Waals surface area contributed by atoms with E-state index in [2.05, 4.69) is 113 Å². The Morgan fingerprint density at radius 1 is 0.295 bits per heavy atom. The molecule has 10 bridgehead atoms. The molecule has 0 radical (unpaired) electrons. The number of nitrogens with zero attached hydrogens (tertiary/aromatic N) is 6. The van der Waals surface area contributed by atoms with Crippen LogP contribution >= 0.6 is 0 Å². The lowest BCUT2D eigenvalue weighted by Crippen LogP contribution is -2.02. The highest BCUT2D eigenvalue weighted by Crippen LogP contribution is 2.57. The first kappa shape index (κ1) is 70.0. The molecule has 1 fully saturated rings. The molecule has 4 aliphatic rings. The molecule has 1 saturated heterocycles. The highest BCUT2D eigenvalue weighted by molar-refractivity contribution is 6.09. The minimum atomic E-state index is -0.245. The number of hydrogen-bond donors (Lipinski definition) is 2. The molecular formula is C86H118N8O. The average Bonchev–Trinajstić information content (AvgIpc) is 1.58. The van der Waals surface area contributed by atoms with Crippen LogP contribution < -0.4 is 0 Å². The molecule has 4 aliphatic heterocycles. The fourth-order valence-corrected chi connectivity index (χ4v) is 16.1. The van der Waals surface area contributed by atoms with Crippen LogP contribution in [0.4, 0.5) is 0 Å². The maximum absolute atomic E-state index is 6.73. The molecule has 9 nitrogen and oxygen atoms in total. The molecule has 7 heterocycles. The van der Waals surface area contributed by atoms with Crippen LogP contribution in [0.25, 0.3) is 89.7 Å². The number of H-pyrrole nitrogens is 2. The van der Waals surface area contributed by atoms with Crippen LogP contribution in [0.5, 0.6) is 0 Å². The lowest BCUT2D eigenvalue weighted by molar-refractivity contribution is 0.0905. The summed E-state index contributed by atoms with van der Waals surface area (Å²) in [5.74, 6) is 2.94. The molecule has 9 heteroatoms. The Hall–Kier alpha value is -6.32. The van der Waals surface area contributed by atoms with E-state index < -0.39 is 0 Å². The molecule has 0 amide bonds. The Kier molecular flexibility index (Phi) is 26.0. The predicted octanol–water partition coefficient (Wildman–Crippen LogP) is 25.5. The minimum Gasteiger partial charge on any atom is -0.356 e. The van der Waals surface area contributed by atoms with Gasteiger partial charge in [-0.3, -0.25) is 0 Å². The third-order valence-electron chi connectivity index (χ3n) is 21.7. The van der Waals surface area contributed by atoms with E-state index in [4.69, 9.17) is 34.6 Å². The molecule has 0 spiro atoms. The highest BCUT2D eigenvalue weighted by atomic mass is 16.5. The van der Waals surface area contributed by atoms with Crippen molar-refractivity contribution in [3.63, 3.8) is 0 Å². The number of nitrogens with one attached hydrogen (secondary N) is 2. The Bertz CT molecular complexity index is 3650. The Balaban J connectivity index is 1.22. The number of aryl methyl sites for hydroxylation is 6. The van der Waals surface area contributed by atoms with E-state index in [1.165, 1.54) is 237 Å². The summed E-state index contributed by atoms with van der Waals surface area (Å²) in [5, 5.41) is 4.38. The van der Waals surface area contributed by atoms with Gasteiger partial charge in [-0.2, -0.15) is 0 Å². The minimum absolute atomic E-state index is 0.245. The topological polar surface area (TPSA) is 118 Å². The summed E-state index contributed by atoms with van der Waals surface area (Å²) >= 11 is 0. The van der Waals surface area contributed by atoms with Crippen LogP contribution in [0.1, 0.15) is 329 Å². The van der Waals surface area contributed by atoms with E-state index in [1.54, 1.807) is 0 Å². The zero-order valence-electron chi connectivity index (χ0n) is 60.0. The summed E-state index contributed by atoms with van der Waals surface area (Å²) in [7, 11) is 0. The second-order valence-electron chi connectivity index (χ2n) is 29.1. The lowest BCUT2D eigenvalue weighted by Gasteiger charge is -2.16. The number of aromatic amines is 2. The Labute approximate surface area is 572 Å². The van der Waals surface area contributed by atoms with Crippen molar-refractivity contribution in [1.82, 2.24) is 39.9 Å². The van der Waals surface area contributed by atoms with Crippen molar-refractivity contribution >= 4 is 44.1 Å². The zero-order valence-corrected chi connectivity index (χ0v) is 60.0. The molecule has 0 saturated carbocycles. The fourth-order valence-electron chi connectivity index (χ4n) is 16.1. The maximum Gasteiger partial charge on any atom is 0.165 e. The van der Waals surface area contributed by atoms with Gasteiger partial charge in [0.05, 0.1) is 0 Å².